The van der Waals surface area contributed by atoms with Crippen molar-refractivity contribution >= 4 is 0 Å². The molecular weight excluding hydrogens is 208 g/mol. The van der Waals surface area contributed by atoms with Gasteiger partial charge in [-0.15, -0.1) is 0 Å². The number of nitrogens with two attached hydrogens (primary N) is 1. The highest BCUT2D eigenvalue weighted by molar-refractivity contribution is 4.92. The van der Waals surface area contributed by atoms with Crippen molar-refractivity contribution in [2.24, 2.45) is 5.73 Å². The predicted octanol–water partition coefficient (Wildman–Crippen LogP) is -0.574. The summed E-state index contributed by atoms with van der Waals surface area (Å²) in [6.07, 6.45) is 1.03. The van der Waals surface area contributed by atoms with Gasteiger partial charge in [-0.2, -0.15) is 4.98 Å². The lowest BCUT2D eigenvalue weighted by Gasteiger charge is -2.17. The van der Waals surface area contributed by atoms with E-state index in [-0.39, 0.29) is 6.54 Å². The zero-order valence-corrected chi connectivity index (χ0v) is 10.1. The monoisotopic (exact) mass is 228 g/mol. The third-order valence-electron chi connectivity index (χ3n) is 2.26. The predicted molar refractivity (Wildman–Crippen MR) is 59.9 cm³/mol. The first kappa shape index (κ1) is 13.1. The fraction of sp³-hybridized carbons (Fsp3) is 0.800. The molecule has 6 nitrogen and oxygen atoms in total. The standard InChI is InChI=1S/C10H20N4O2/c1-10(15,7-11)6-9-12-8(13-16-9)4-5-14(2)3/h15H,4-7,11H2,1-3H3. The van der Waals surface area contributed by atoms with E-state index in [2.05, 4.69) is 10.1 Å². The molecule has 3 N–H and O–H groups in total. The van der Waals surface area contributed by atoms with Crippen molar-refractivity contribution in [1.82, 2.24) is 15.0 Å². The van der Waals surface area contributed by atoms with Crippen LogP contribution in [0, 0.1) is 0 Å². The molecule has 92 valence electrons. The molecule has 0 aliphatic heterocycles. The van der Waals surface area contributed by atoms with E-state index in [4.69, 9.17) is 10.3 Å². The number of aromatic nitrogens is 2. The molecule has 0 saturated heterocycles. The summed E-state index contributed by atoms with van der Waals surface area (Å²) in [5, 5.41) is 13.6. The van der Waals surface area contributed by atoms with Crippen LogP contribution in [-0.4, -0.2) is 52.9 Å². The van der Waals surface area contributed by atoms with Gasteiger partial charge < -0.3 is 20.3 Å². The maximum absolute atomic E-state index is 9.74. The molecule has 0 spiro atoms. The van der Waals surface area contributed by atoms with Gasteiger partial charge in [-0.25, -0.2) is 0 Å². The fourth-order valence-corrected chi connectivity index (χ4v) is 1.19. The molecule has 0 radical (unpaired) electrons. The van der Waals surface area contributed by atoms with Gasteiger partial charge in [-0.1, -0.05) is 5.16 Å². The molecule has 0 fully saturated rings. The van der Waals surface area contributed by atoms with Gasteiger partial charge in [0.2, 0.25) is 5.89 Å². The summed E-state index contributed by atoms with van der Waals surface area (Å²) >= 11 is 0. The normalized spacial score (nSPS) is 15.4. The molecule has 0 aliphatic carbocycles. The van der Waals surface area contributed by atoms with E-state index in [1.807, 2.05) is 19.0 Å². The van der Waals surface area contributed by atoms with Crippen LogP contribution in [0.2, 0.25) is 0 Å². The smallest absolute Gasteiger partial charge is 0.229 e. The summed E-state index contributed by atoms with van der Waals surface area (Å²) in [4.78, 5) is 6.24. The Hall–Kier alpha value is -0.980. The number of hydrogen-bond donors (Lipinski definition) is 2. The summed E-state index contributed by atoms with van der Waals surface area (Å²) in [5.74, 6) is 1.10. The van der Waals surface area contributed by atoms with Gasteiger partial charge in [0.1, 0.15) is 0 Å². The van der Waals surface area contributed by atoms with Crippen LogP contribution in [0.15, 0.2) is 4.52 Å². The molecule has 0 aliphatic rings. The van der Waals surface area contributed by atoms with E-state index in [9.17, 15) is 5.11 Å². The van der Waals surface area contributed by atoms with Gasteiger partial charge in [0, 0.05) is 19.5 Å². The van der Waals surface area contributed by atoms with Gasteiger partial charge in [0.05, 0.1) is 12.0 Å². The first-order valence-electron chi connectivity index (χ1n) is 5.31. The minimum Gasteiger partial charge on any atom is -0.388 e. The number of aliphatic hydroxyl groups is 1. The highest BCUT2D eigenvalue weighted by atomic mass is 16.5. The number of rotatable bonds is 6. The minimum atomic E-state index is -0.981. The summed E-state index contributed by atoms with van der Waals surface area (Å²) < 4.78 is 5.04. The molecule has 1 heterocycles. The third kappa shape index (κ3) is 4.26. The van der Waals surface area contributed by atoms with Crippen molar-refractivity contribution < 1.29 is 9.63 Å². The Morgan fingerprint density at radius 3 is 2.75 bits per heavy atom. The van der Waals surface area contributed by atoms with Crippen LogP contribution >= 0.6 is 0 Å². The molecule has 0 bridgehead atoms. The lowest BCUT2D eigenvalue weighted by molar-refractivity contribution is 0.0610. The molecule has 6 heteroatoms. The Morgan fingerprint density at radius 2 is 2.19 bits per heavy atom. The average Bonchev–Trinajstić information content (AvgIpc) is 2.62. The summed E-state index contributed by atoms with van der Waals surface area (Å²) in [5.41, 5.74) is 4.43. The zero-order chi connectivity index (χ0) is 12.2. The second-order valence-corrected chi connectivity index (χ2v) is 4.54. The van der Waals surface area contributed by atoms with Gasteiger partial charge in [-0.05, 0) is 21.0 Å². The van der Waals surface area contributed by atoms with Gasteiger partial charge in [0.15, 0.2) is 5.82 Å². The van der Waals surface area contributed by atoms with Crippen molar-refractivity contribution in [2.75, 3.05) is 27.2 Å². The minimum absolute atomic E-state index is 0.169. The van der Waals surface area contributed by atoms with Gasteiger partial charge in [-0.3, -0.25) is 0 Å². The Kier molecular flexibility index (Phi) is 4.40. The maximum Gasteiger partial charge on any atom is 0.229 e. The first-order valence-corrected chi connectivity index (χ1v) is 5.31. The molecule has 1 rings (SSSR count). The highest BCUT2D eigenvalue weighted by Gasteiger charge is 2.22. The molecule has 1 unspecified atom stereocenters. The van der Waals surface area contributed by atoms with Crippen molar-refractivity contribution in [3.63, 3.8) is 0 Å². The quantitative estimate of drug-likeness (QED) is 0.677. The molecule has 1 aromatic heterocycles. The molecule has 1 atom stereocenters. The van der Waals surface area contributed by atoms with Crippen LogP contribution in [0.4, 0.5) is 0 Å². The lowest BCUT2D eigenvalue weighted by Crippen LogP contribution is -2.36. The maximum atomic E-state index is 9.74. The average molecular weight is 228 g/mol. The largest absolute Gasteiger partial charge is 0.388 e. The van der Waals surface area contributed by atoms with Crippen LogP contribution < -0.4 is 5.73 Å². The van der Waals surface area contributed by atoms with Crippen LogP contribution in [-0.2, 0) is 12.8 Å². The Bertz CT molecular complexity index is 322. The Labute approximate surface area is 95.4 Å². The second kappa shape index (κ2) is 5.38. The summed E-state index contributed by atoms with van der Waals surface area (Å²) in [6.45, 7) is 2.69. The fourth-order valence-electron chi connectivity index (χ4n) is 1.19. The van der Waals surface area contributed by atoms with E-state index in [0.717, 1.165) is 13.0 Å². The molecule has 0 saturated carbocycles. The van der Waals surface area contributed by atoms with Crippen LogP contribution in [0.1, 0.15) is 18.6 Å². The van der Waals surface area contributed by atoms with E-state index >= 15 is 0 Å². The van der Waals surface area contributed by atoms with Crippen molar-refractivity contribution in [2.45, 2.75) is 25.4 Å². The Morgan fingerprint density at radius 1 is 1.50 bits per heavy atom. The number of hydrogen-bond acceptors (Lipinski definition) is 6. The molecule has 0 amide bonds. The summed E-state index contributed by atoms with van der Waals surface area (Å²) in [7, 11) is 3.97. The van der Waals surface area contributed by atoms with E-state index in [1.54, 1.807) is 6.92 Å². The highest BCUT2D eigenvalue weighted by Crippen LogP contribution is 2.10. The number of nitrogens with zero attached hydrogens (tertiary/aromatic N) is 3. The molecule has 0 aromatic carbocycles. The lowest BCUT2D eigenvalue weighted by atomic mass is 10.0. The van der Waals surface area contributed by atoms with Crippen molar-refractivity contribution in [1.29, 1.82) is 0 Å². The van der Waals surface area contributed by atoms with Crippen LogP contribution in [0.25, 0.3) is 0 Å². The van der Waals surface area contributed by atoms with Gasteiger partial charge >= 0.3 is 0 Å². The van der Waals surface area contributed by atoms with Gasteiger partial charge in [0.25, 0.3) is 0 Å². The van der Waals surface area contributed by atoms with Crippen LogP contribution in [0.5, 0.6) is 0 Å². The SMILES string of the molecule is CN(C)CCc1noc(CC(C)(O)CN)n1. The van der Waals surface area contributed by atoms with Crippen LogP contribution in [0.3, 0.4) is 0 Å². The van der Waals surface area contributed by atoms with Crippen molar-refractivity contribution in [3.8, 4) is 0 Å². The van der Waals surface area contributed by atoms with E-state index < -0.39 is 5.60 Å². The molecular formula is C10H20N4O2. The second-order valence-electron chi connectivity index (χ2n) is 4.54. The topological polar surface area (TPSA) is 88.4 Å². The third-order valence-corrected chi connectivity index (χ3v) is 2.26. The zero-order valence-electron chi connectivity index (χ0n) is 10.1. The Balaban J connectivity index is 2.51. The van der Waals surface area contributed by atoms with E-state index in [1.165, 1.54) is 0 Å². The molecule has 1 aromatic rings. The van der Waals surface area contributed by atoms with E-state index in [0.29, 0.717) is 18.1 Å². The number of likely N-dealkylation sites (N-methyl/N-ethyl adjacent to an activating group) is 1. The van der Waals surface area contributed by atoms with Crippen molar-refractivity contribution in [3.05, 3.63) is 11.7 Å². The molecule has 16 heavy (non-hydrogen) atoms. The first-order chi connectivity index (χ1) is 7.43. The summed E-state index contributed by atoms with van der Waals surface area (Å²) in [6, 6.07) is 0.